The molecule has 0 aliphatic heterocycles. The number of benzene rings is 1. The molecule has 1 saturated carbocycles. The number of nitrogens with two attached hydrogens (primary N) is 1. The number of hydrogen-bond donors (Lipinski definition) is 3. The van der Waals surface area contributed by atoms with E-state index in [1.54, 1.807) is 11.9 Å². The number of carbonyl (C=O) groups excluding carboxylic acids is 1. The van der Waals surface area contributed by atoms with Gasteiger partial charge in [-0.3, -0.25) is 0 Å². The van der Waals surface area contributed by atoms with Gasteiger partial charge in [-0.1, -0.05) is 25.0 Å². The van der Waals surface area contributed by atoms with E-state index >= 15 is 0 Å². The number of hydrogen-bond acceptors (Lipinski definition) is 3. The van der Waals surface area contributed by atoms with Crippen LogP contribution in [0.25, 0.3) is 0 Å². The summed E-state index contributed by atoms with van der Waals surface area (Å²) < 4.78 is 0. The van der Waals surface area contributed by atoms with Gasteiger partial charge >= 0.3 is 6.03 Å². The van der Waals surface area contributed by atoms with Gasteiger partial charge in [0.15, 0.2) is 0 Å². The van der Waals surface area contributed by atoms with Crippen LogP contribution in [0.2, 0.25) is 0 Å². The van der Waals surface area contributed by atoms with E-state index in [1.165, 1.54) is 0 Å². The lowest BCUT2D eigenvalue weighted by molar-refractivity contribution is 0.0494. The number of urea groups is 1. The standard InChI is InChI=1S/C16H25N3O2/c1-11(17)12-7-9-13(10-8-12)18-16(21)19(2)14-5-3-4-6-15(14)20/h7-11,14-15,20H,3-6,17H2,1-2H3,(H,18,21). The Hall–Kier alpha value is -1.59. The molecule has 5 nitrogen and oxygen atoms in total. The molecule has 0 radical (unpaired) electrons. The molecular weight excluding hydrogens is 266 g/mol. The van der Waals surface area contributed by atoms with Crippen molar-refractivity contribution in [3.8, 4) is 0 Å². The zero-order chi connectivity index (χ0) is 15.4. The molecule has 1 fully saturated rings. The van der Waals surface area contributed by atoms with Gasteiger partial charge in [0.1, 0.15) is 0 Å². The van der Waals surface area contributed by atoms with Gasteiger partial charge in [-0.15, -0.1) is 0 Å². The molecule has 4 N–H and O–H groups in total. The first-order valence-corrected chi connectivity index (χ1v) is 7.56. The summed E-state index contributed by atoms with van der Waals surface area (Å²) >= 11 is 0. The minimum Gasteiger partial charge on any atom is -0.391 e. The van der Waals surface area contributed by atoms with Crippen LogP contribution >= 0.6 is 0 Å². The fourth-order valence-electron chi connectivity index (χ4n) is 2.78. The number of aliphatic hydroxyl groups is 1. The zero-order valence-corrected chi connectivity index (χ0v) is 12.7. The van der Waals surface area contributed by atoms with Crippen molar-refractivity contribution in [2.45, 2.75) is 50.8 Å². The van der Waals surface area contributed by atoms with Gasteiger partial charge in [-0.05, 0) is 37.5 Å². The second kappa shape index (κ2) is 6.91. The normalized spacial score (nSPS) is 23.4. The summed E-state index contributed by atoms with van der Waals surface area (Å²) in [5, 5.41) is 12.9. The van der Waals surface area contributed by atoms with Crippen LogP contribution in [0, 0.1) is 0 Å². The fraction of sp³-hybridized carbons (Fsp3) is 0.562. The van der Waals surface area contributed by atoms with Crippen LogP contribution in [-0.4, -0.2) is 35.2 Å². The minimum absolute atomic E-state index is 0.0187. The summed E-state index contributed by atoms with van der Waals surface area (Å²) in [5.74, 6) is 0. The molecule has 0 heterocycles. The number of nitrogens with one attached hydrogen (secondary N) is 1. The molecule has 0 saturated heterocycles. The largest absolute Gasteiger partial charge is 0.391 e. The molecule has 5 heteroatoms. The first-order valence-electron chi connectivity index (χ1n) is 7.56. The van der Waals surface area contributed by atoms with Crippen molar-refractivity contribution >= 4 is 11.7 Å². The Labute approximate surface area is 126 Å². The van der Waals surface area contributed by atoms with Crippen LogP contribution in [0.5, 0.6) is 0 Å². The molecule has 1 aliphatic rings. The highest BCUT2D eigenvalue weighted by Crippen LogP contribution is 2.23. The number of rotatable bonds is 3. The van der Waals surface area contributed by atoms with E-state index in [2.05, 4.69) is 5.32 Å². The average Bonchev–Trinajstić information content (AvgIpc) is 2.47. The number of aliphatic hydroxyl groups excluding tert-OH is 1. The molecule has 1 aromatic rings. The second-order valence-corrected chi connectivity index (χ2v) is 5.87. The minimum atomic E-state index is -0.421. The van der Waals surface area contributed by atoms with Crippen LogP contribution in [-0.2, 0) is 0 Å². The van der Waals surface area contributed by atoms with Gasteiger partial charge in [0.25, 0.3) is 0 Å². The van der Waals surface area contributed by atoms with Gasteiger partial charge in [-0.25, -0.2) is 4.79 Å². The molecule has 0 aromatic heterocycles. The number of nitrogens with zero attached hydrogens (tertiary/aromatic N) is 1. The zero-order valence-electron chi connectivity index (χ0n) is 12.7. The fourth-order valence-corrected chi connectivity index (χ4v) is 2.78. The predicted molar refractivity (Wildman–Crippen MR) is 84.1 cm³/mol. The summed E-state index contributed by atoms with van der Waals surface area (Å²) in [6, 6.07) is 7.22. The van der Waals surface area contributed by atoms with Crippen molar-refractivity contribution in [2.75, 3.05) is 12.4 Å². The van der Waals surface area contributed by atoms with Gasteiger partial charge < -0.3 is 21.1 Å². The Morgan fingerprint density at radius 3 is 2.52 bits per heavy atom. The van der Waals surface area contributed by atoms with Crippen LogP contribution < -0.4 is 11.1 Å². The summed E-state index contributed by atoms with van der Waals surface area (Å²) in [5.41, 5.74) is 7.57. The summed E-state index contributed by atoms with van der Waals surface area (Å²) in [6.07, 6.45) is 3.30. The third-order valence-electron chi connectivity index (χ3n) is 4.20. The molecule has 1 aliphatic carbocycles. The Morgan fingerprint density at radius 1 is 1.33 bits per heavy atom. The lowest BCUT2D eigenvalue weighted by Gasteiger charge is -2.35. The summed E-state index contributed by atoms with van der Waals surface area (Å²) in [4.78, 5) is 13.9. The van der Waals surface area contributed by atoms with E-state index in [0.29, 0.717) is 0 Å². The summed E-state index contributed by atoms with van der Waals surface area (Å²) in [7, 11) is 1.74. The number of carbonyl (C=O) groups is 1. The van der Waals surface area contributed by atoms with E-state index in [0.717, 1.165) is 36.9 Å². The third-order valence-corrected chi connectivity index (χ3v) is 4.20. The molecular formula is C16H25N3O2. The molecule has 1 aromatic carbocycles. The Kier molecular flexibility index (Phi) is 5.20. The van der Waals surface area contributed by atoms with E-state index < -0.39 is 6.10 Å². The van der Waals surface area contributed by atoms with E-state index in [1.807, 2.05) is 31.2 Å². The van der Waals surface area contributed by atoms with Crippen molar-refractivity contribution in [3.05, 3.63) is 29.8 Å². The molecule has 0 spiro atoms. The first kappa shape index (κ1) is 15.8. The first-order chi connectivity index (χ1) is 9.99. The number of amides is 2. The van der Waals surface area contributed by atoms with Gasteiger partial charge in [0.2, 0.25) is 0 Å². The molecule has 3 atom stereocenters. The van der Waals surface area contributed by atoms with Crippen molar-refractivity contribution in [1.82, 2.24) is 4.90 Å². The predicted octanol–water partition coefficient (Wildman–Crippen LogP) is 2.47. The number of likely N-dealkylation sites (N-methyl/N-ethyl adjacent to an activating group) is 1. The van der Waals surface area contributed by atoms with Crippen LogP contribution in [0.4, 0.5) is 10.5 Å². The highest BCUT2D eigenvalue weighted by molar-refractivity contribution is 5.89. The van der Waals surface area contributed by atoms with E-state index in [9.17, 15) is 9.90 Å². The quantitative estimate of drug-likeness (QED) is 0.800. The van der Waals surface area contributed by atoms with Crippen LogP contribution in [0.1, 0.15) is 44.2 Å². The topological polar surface area (TPSA) is 78.6 Å². The van der Waals surface area contributed by atoms with Gasteiger partial charge in [0, 0.05) is 18.8 Å². The third kappa shape index (κ3) is 3.95. The highest BCUT2D eigenvalue weighted by atomic mass is 16.3. The van der Waals surface area contributed by atoms with Crippen molar-refractivity contribution < 1.29 is 9.90 Å². The Morgan fingerprint density at radius 2 is 1.95 bits per heavy atom. The maximum absolute atomic E-state index is 12.3. The monoisotopic (exact) mass is 291 g/mol. The molecule has 2 rings (SSSR count). The second-order valence-electron chi connectivity index (χ2n) is 5.87. The lowest BCUT2D eigenvalue weighted by Crippen LogP contribution is -2.47. The van der Waals surface area contributed by atoms with E-state index in [-0.39, 0.29) is 18.1 Å². The Balaban J connectivity index is 1.96. The van der Waals surface area contributed by atoms with Crippen LogP contribution in [0.15, 0.2) is 24.3 Å². The van der Waals surface area contributed by atoms with Crippen molar-refractivity contribution in [2.24, 2.45) is 5.73 Å². The average molecular weight is 291 g/mol. The van der Waals surface area contributed by atoms with E-state index in [4.69, 9.17) is 5.73 Å². The van der Waals surface area contributed by atoms with Gasteiger partial charge in [-0.2, -0.15) is 0 Å². The SMILES string of the molecule is CC(N)c1ccc(NC(=O)N(C)C2CCCCC2O)cc1. The molecule has 3 unspecified atom stereocenters. The lowest BCUT2D eigenvalue weighted by atomic mass is 9.92. The molecule has 116 valence electrons. The molecule has 0 bridgehead atoms. The summed E-state index contributed by atoms with van der Waals surface area (Å²) in [6.45, 7) is 1.92. The molecule has 2 amide bonds. The highest BCUT2D eigenvalue weighted by Gasteiger charge is 2.29. The number of anilines is 1. The maximum Gasteiger partial charge on any atom is 0.321 e. The maximum atomic E-state index is 12.3. The smallest absolute Gasteiger partial charge is 0.321 e. The molecule has 21 heavy (non-hydrogen) atoms. The van der Waals surface area contributed by atoms with Crippen molar-refractivity contribution in [1.29, 1.82) is 0 Å². The van der Waals surface area contributed by atoms with Crippen molar-refractivity contribution in [3.63, 3.8) is 0 Å². The van der Waals surface area contributed by atoms with Crippen LogP contribution in [0.3, 0.4) is 0 Å². The van der Waals surface area contributed by atoms with Gasteiger partial charge in [0.05, 0.1) is 12.1 Å². The Bertz CT molecular complexity index is 473.